The monoisotopic (exact) mass is 870 g/mol. The molecule has 1 aromatic carbocycles. The smallest absolute Gasteiger partial charge is 0.382 e. The highest BCUT2D eigenvalue weighted by Crippen LogP contribution is 2.52. The van der Waals surface area contributed by atoms with E-state index >= 15 is 0 Å². The number of nitriles is 2. The van der Waals surface area contributed by atoms with Gasteiger partial charge < -0.3 is 29.6 Å². The first-order valence-electron chi connectivity index (χ1n) is 21.8. The second-order valence-corrected chi connectivity index (χ2v) is 18.5. The van der Waals surface area contributed by atoms with Crippen LogP contribution in [-0.4, -0.2) is 62.4 Å². The molecule has 330 valence electrons. The molecule has 2 fully saturated rings. The predicted molar refractivity (Wildman–Crippen MR) is 229 cm³/mol. The molecular weight excluding hydrogens is 807 g/mol. The van der Waals surface area contributed by atoms with E-state index in [-0.39, 0.29) is 19.0 Å². The summed E-state index contributed by atoms with van der Waals surface area (Å²) in [5, 5.41) is 24.7. The maximum atomic E-state index is 13.4. The third-order valence-electron chi connectivity index (χ3n) is 11.3. The molecular formula is C44H64ClN6O8P. The summed E-state index contributed by atoms with van der Waals surface area (Å²) >= 11 is 6.23. The van der Waals surface area contributed by atoms with Crippen LogP contribution in [0.25, 0.3) is 5.52 Å². The molecule has 3 N–H and O–H groups in total. The SMILES string of the molecule is CCCCCCCCCCCCCCCCCCC[C@H](COP(=O)(O)OC[C@@]1(C#N)O[C@@H](c2ccc3c(N)ncnn23)[C@@H]2OC(C)(C)O[C@@H]21)OCc1cc(Cl)cc(C#N)c1. The number of ether oxygens (including phenoxy) is 4. The quantitative estimate of drug-likeness (QED) is 0.0517. The minimum atomic E-state index is -4.76. The van der Waals surface area contributed by atoms with Crippen LogP contribution in [-0.2, 0) is 39.2 Å². The lowest BCUT2D eigenvalue weighted by Gasteiger charge is -2.29. The number of hydrogen-bond donors (Lipinski definition) is 2. The predicted octanol–water partition coefficient (Wildman–Crippen LogP) is 10.5. The largest absolute Gasteiger partial charge is 0.472 e. The van der Waals surface area contributed by atoms with Crippen molar-refractivity contribution in [3.63, 3.8) is 0 Å². The number of aromatic nitrogens is 3. The molecule has 60 heavy (non-hydrogen) atoms. The highest BCUT2D eigenvalue weighted by atomic mass is 35.5. The first-order chi connectivity index (χ1) is 28.9. The van der Waals surface area contributed by atoms with Gasteiger partial charge in [0, 0.05) is 5.02 Å². The highest BCUT2D eigenvalue weighted by molar-refractivity contribution is 7.47. The maximum Gasteiger partial charge on any atom is 0.472 e. The van der Waals surface area contributed by atoms with Crippen LogP contribution in [0.4, 0.5) is 5.82 Å². The van der Waals surface area contributed by atoms with Crippen LogP contribution in [0.3, 0.4) is 0 Å². The minimum absolute atomic E-state index is 0.118. The Kier molecular flexibility index (Phi) is 18.6. The molecule has 3 aromatic rings. The molecule has 1 unspecified atom stereocenters. The zero-order valence-electron chi connectivity index (χ0n) is 35.6. The average Bonchev–Trinajstić information content (AvgIpc) is 3.89. The minimum Gasteiger partial charge on any atom is -0.382 e. The number of nitrogen functional groups attached to an aromatic ring is 1. The molecule has 5 rings (SSSR count). The van der Waals surface area contributed by atoms with E-state index in [0.29, 0.717) is 33.8 Å². The first-order valence-corrected chi connectivity index (χ1v) is 23.7. The van der Waals surface area contributed by atoms with E-state index < -0.39 is 50.2 Å². The molecule has 4 heterocycles. The third-order valence-corrected chi connectivity index (χ3v) is 12.4. The van der Waals surface area contributed by atoms with Crippen LogP contribution in [0.1, 0.15) is 159 Å². The van der Waals surface area contributed by atoms with E-state index in [1.54, 1.807) is 48.7 Å². The molecule has 0 radical (unpaired) electrons. The number of nitrogens with zero attached hydrogens (tertiary/aromatic N) is 5. The summed E-state index contributed by atoms with van der Waals surface area (Å²) in [6, 6.07) is 12.7. The molecule has 0 aliphatic carbocycles. The number of phosphoric acid groups is 1. The number of unbranched alkanes of at least 4 members (excludes halogenated alkanes) is 16. The zero-order chi connectivity index (χ0) is 43.0. The standard InChI is InChI=1S/C44H64ClN6O8P/c1-4-5-6-7-8-9-10-11-12-13-14-15-16-17-18-19-20-21-36(54-28-34-24-33(27-46)25-35(45)26-34)29-55-60(52,53)56-31-44(30-47)41-40(57-43(2,3)59-41)39(58-44)37-22-23-38-42(48)49-32-50-51(37)38/h22-26,32,36,39-41H,4-21,28-29,31H2,1-3H3,(H,52,53)(H2,48,49,50)/t36-,39+,40+,41+,44-/m1/s1. The van der Waals surface area contributed by atoms with E-state index in [2.05, 4.69) is 29.1 Å². The van der Waals surface area contributed by atoms with E-state index in [9.17, 15) is 20.0 Å². The van der Waals surface area contributed by atoms with Gasteiger partial charge in [-0.05, 0) is 56.2 Å². The van der Waals surface area contributed by atoms with E-state index in [1.807, 2.05) is 0 Å². The fraction of sp³-hybridized carbons (Fsp3) is 0.682. The summed E-state index contributed by atoms with van der Waals surface area (Å²) in [6.07, 6.45) is 20.1. The number of hydrogen-bond acceptors (Lipinski definition) is 12. The molecule has 14 nitrogen and oxygen atoms in total. The van der Waals surface area contributed by atoms with Crippen LogP contribution >= 0.6 is 19.4 Å². The topological polar surface area (TPSA) is 196 Å². The number of halogens is 1. The van der Waals surface area contributed by atoms with Gasteiger partial charge in [0.1, 0.15) is 42.8 Å². The second-order valence-electron chi connectivity index (χ2n) is 16.6. The summed E-state index contributed by atoms with van der Waals surface area (Å²) in [5.41, 5.74) is 6.38. The van der Waals surface area contributed by atoms with Gasteiger partial charge in [-0.1, -0.05) is 128 Å². The highest BCUT2D eigenvalue weighted by Gasteiger charge is 2.65. The number of anilines is 1. The van der Waals surface area contributed by atoms with Crippen LogP contribution in [0.5, 0.6) is 0 Å². The van der Waals surface area contributed by atoms with Crippen LogP contribution < -0.4 is 5.73 Å². The van der Waals surface area contributed by atoms with Crippen LogP contribution in [0.15, 0.2) is 36.7 Å². The van der Waals surface area contributed by atoms with Crippen molar-refractivity contribution in [3.05, 3.63) is 58.5 Å². The molecule has 2 aromatic heterocycles. The zero-order valence-corrected chi connectivity index (χ0v) is 37.2. The van der Waals surface area contributed by atoms with Crippen molar-refractivity contribution in [1.82, 2.24) is 14.6 Å². The summed E-state index contributed by atoms with van der Waals surface area (Å²) < 4.78 is 50.9. The fourth-order valence-electron chi connectivity index (χ4n) is 8.10. The van der Waals surface area contributed by atoms with Gasteiger partial charge in [0.05, 0.1) is 36.6 Å². The van der Waals surface area contributed by atoms with Gasteiger partial charge in [-0.3, -0.25) is 9.05 Å². The van der Waals surface area contributed by atoms with E-state index in [1.165, 1.54) is 96.2 Å². The number of phosphoric ester groups is 1. The fourth-order valence-corrected chi connectivity index (χ4v) is 9.15. The summed E-state index contributed by atoms with van der Waals surface area (Å²) in [6.45, 7) is 4.90. The molecule has 0 bridgehead atoms. The maximum absolute atomic E-state index is 13.4. The number of fused-ring (bicyclic) bond motifs is 2. The summed E-state index contributed by atoms with van der Waals surface area (Å²) in [7, 11) is -4.76. The van der Waals surface area contributed by atoms with Crippen molar-refractivity contribution in [1.29, 1.82) is 10.5 Å². The number of rotatable bonds is 28. The van der Waals surface area contributed by atoms with Gasteiger partial charge in [-0.15, -0.1) is 0 Å². The normalized spacial score (nSPS) is 22.4. The van der Waals surface area contributed by atoms with Crippen molar-refractivity contribution in [2.45, 2.75) is 179 Å². The second kappa shape index (κ2) is 23.3. The van der Waals surface area contributed by atoms with Gasteiger partial charge in [0.15, 0.2) is 11.6 Å². The molecule has 2 aliphatic rings. The van der Waals surface area contributed by atoms with Crippen molar-refractivity contribution >= 4 is 30.8 Å². The van der Waals surface area contributed by atoms with Crippen molar-refractivity contribution < 1.29 is 37.5 Å². The molecule has 0 spiro atoms. The molecule has 0 saturated carbocycles. The molecule has 0 amide bonds. The van der Waals surface area contributed by atoms with E-state index in [4.69, 9.17) is 45.3 Å². The Hall–Kier alpha value is -3.14. The van der Waals surface area contributed by atoms with Crippen LogP contribution in [0, 0.1) is 22.7 Å². The van der Waals surface area contributed by atoms with E-state index in [0.717, 1.165) is 19.3 Å². The van der Waals surface area contributed by atoms with Gasteiger partial charge in [-0.25, -0.2) is 14.1 Å². The Labute approximate surface area is 360 Å². The Morgan fingerprint density at radius 3 is 2.17 bits per heavy atom. The van der Waals surface area contributed by atoms with Crippen molar-refractivity contribution in [2.75, 3.05) is 18.9 Å². The lowest BCUT2D eigenvalue weighted by atomic mass is 9.96. The van der Waals surface area contributed by atoms with Crippen molar-refractivity contribution in [3.8, 4) is 12.1 Å². The third kappa shape index (κ3) is 13.9. The Morgan fingerprint density at radius 2 is 1.55 bits per heavy atom. The lowest BCUT2D eigenvalue weighted by Crippen LogP contribution is -2.45. The Balaban J connectivity index is 1.10. The molecule has 16 heteroatoms. The van der Waals surface area contributed by atoms with Gasteiger partial charge >= 0.3 is 7.82 Å². The van der Waals surface area contributed by atoms with Crippen molar-refractivity contribution in [2.24, 2.45) is 0 Å². The average molecular weight is 871 g/mol. The van der Waals surface area contributed by atoms with Gasteiger partial charge in [0.25, 0.3) is 0 Å². The summed E-state index contributed by atoms with van der Waals surface area (Å²) in [4.78, 5) is 15.0. The number of benzene rings is 1. The Bertz CT molecular complexity index is 1940. The summed E-state index contributed by atoms with van der Waals surface area (Å²) in [5.74, 6) is -0.830. The first kappa shape index (κ1) is 47.9. The molecule has 6 atom stereocenters. The molecule has 2 aliphatic heterocycles. The van der Waals surface area contributed by atoms with Crippen LogP contribution in [0.2, 0.25) is 5.02 Å². The lowest BCUT2D eigenvalue weighted by molar-refractivity contribution is -0.204. The number of nitrogens with two attached hydrogens (primary N) is 1. The Morgan fingerprint density at radius 1 is 0.917 bits per heavy atom. The molecule has 2 saturated heterocycles. The van der Waals surface area contributed by atoms with Gasteiger partial charge in [0.2, 0.25) is 5.60 Å². The van der Waals surface area contributed by atoms with Gasteiger partial charge in [-0.2, -0.15) is 15.6 Å².